The van der Waals surface area contributed by atoms with Crippen LogP contribution in [0.3, 0.4) is 0 Å². The van der Waals surface area contributed by atoms with Crippen molar-refractivity contribution < 1.29 is 9.47 Å². The Bertz CT molecular complexity index is 756. The van der Waals surface area contributed by atoms with Crippen LogP contribution in [0.5, 0.6) is 5.75 Å². The van der Waals surface area contributed by atoms with Gasteiger partial charge in [-0.2, -0.15) is 5.10 Å². The van der Waals surface area contributed by atoms with Gasteiger partial charge in [0.05, 0.1) is 26.5 Å². The second-order valence-corrected chi connectivity index (χ2v) is 7.03. The minimum atomic E-state index is 0.0380. The van der Waals surface area contributed by atoms with Crippen LogP contribution in [-0.2, 0) is 18.2 Å². The van der Waals surface area contributed by atoms with Gasteiger partial charge in [0.15, 0.2) is 5.96 Å². The zero-order chi connectivity index (χ0) is 19.8. The number of hydrogen-bond donors (Lipinski definition) is 1. The van der Waals surface area contributed by atoms with E-state index >= 15 is 0 Å². The van der Waals surface area contributed by atoms with Crippen molar-refractivity contribution in [2.75, 3.05) is 40.4 Å². The van der Waals surface area contributed by atoms with Gasteiger partial charge in [0.25, 0.3) is 0 Å². The largest absolute Gasteiger partial charge is 0.497 e. The standard InChI is InChI=1S/C21H31N5O2/c1-22-21(23-11-5-4-6-17-7-9-19(27-3)10-8-17)26-12-13-28-20(16-26)18-14-24-25(2)15-18/h7-10,14-15,20H,4-6,11-13,16H2,1-3H3,(H,22,23). The molecule has 1 N–H and O–H groups in total. The molecule has 152 valence electrons. The second kappa shape index (κ2) is 10.1. The number of guanidine groups is 1. The van der Waals surface area contributed by atoms with Crippen molar-refractivity contribution in [2.45, 2.75) is 25.4 Å². The monoisotopic (exact) mass is 385 g/mol. The van der Waals surface area contributed by atoms with E-state index in [1.165, 1.54) is 5.56 Å². The lowest BCUT2D eigenvalue weighted by Gasteiger charge is -2.34. The Labute approximate surface area is 167 Å². The molecule has 1 saturated heterocycles. The molecule has 0 amide bonds. The van der Waals surface area contributed by atoms with Crippen LogP contribution in [-0.4, -0.2) is 61.0 Å². The first-order valence-corrected chi connectivity index (χ1v) is 9.88. The van der Waals surface area contributed by atoms with Crippen molar-refractivity contribution in [1.29, 1.82) is 0 Å². The van der Waals surface area contributed by atoms with Gasteiger partial charge in [-0.3, -0.25) is 9.67 Å². The molecule has 1 aliphatic heterocycles. The Balaban J connectivity index is 1.41. The van der Waals surface area contributed by atoms with Crippen molar-refractivity contribution in [1.82, 2.24) is 20.0 Å². The van der Waals surface area contributed by atoms with Crippen LogP contribution in [0.1, 0.15) is 30.1 Å². The predicted molar refractivity (Wildman–Crippen MR) is 111 cm³/mol. The average Bonchev–Trinajstić information content (AvgIpc) is 3.17. The van der Waals surface area contributed by atoms with E-state index in [0.29, 0.717) is 6.61 Å². The topological polar surface area (TPSA) is 63.9 Å². The summed E-state index contributed by atoms with van der Waals surface area (Å²) in [5, 5.41) is 7.75. The van der Waals surface area contributed by atoms with Gasteiger partial charge in [0.2, 0.25) is 0 Å². The van der Waals surface area contributed by atoms with Gasteiger partial charge in [-0.05, 0) is 37.0 Å². The number of nitrogens with zero attached hydrogens (tertiary/aromatic N) is 4. The van der Waals surface area contributed by atoms with Gasteiger partial charge in [-0.25, -0.2) is 0 Å². The maximum Gasteiger partial charge on any atom is 0.193 e. The van der Waals surface area contributed by atoms with Gasteiger partial charge in [0, 0.05) is 38.9 Å². The van der Waals surface area contributed by atoms with E-state index in [-0.39, 0.29) is 6.10 Å². The molecular weight excluding hydrogens is 354 g/mol. The molecule has 0 bridgehead atoms. The minimum Gasteiger partial charge on any atom is -0.497 e. The highest BCUT2D eigenvalue weighted by molar-refractivity contribution is 5.80. The molecule has 1 aromatic heterocycles. The molecule has 2 heterocycles. The zero-order valence-corrected chi connectivity index (χ0v) is 17.1. The fourth-order valence-electron chi connectivity index (χ4n) is 3.43. The number of benzene rings is 1. The third-order valence-electron chi connectivity index (χ3n) is 5.01. The Morgan fingerprint density at radius 1 is 1.32 bits per heavy atom. The van der Waals surface area contributed by atoms with Crippen LogP contribution in [0.25, 0.3) is 0 Å². The van der Waals surface area contributed by atoms with E-state index in [1.54, 1.807) is 7.11 Å². The summed E-state index contributed by atoms with van der Waals surface area (Å²) in [6, 6.07) is 8.31. The van der Waals surface area contributed by atoms with Crippen LogP contribution in [0.2, 0.25) is 0 Å². The number of nitrogens with one attached hydrogen (secondary N) is 1. The fraction of sp³-hybridized carbons (Fsp3) is 0.524. The number of ether oxygens (including phenoxy) is 2. The third kappa shape index (κ3) is 5.48. The maximum absolute atomic E-state index is 5.92. The highest BCUT2D eigenvalue weighted by Crippen LogP contribution is 2.21. The summed E-state index contributed by atoms with van der Waals surface area (Å²) in [4.78, 5) is 6.73. The zero-order valence-electron chi connectivity index (χ0n) is 17.1. The van der Waals surface area contributed by atoms with Gasteiger partial charge in [0.1, 0.15) is 11.9 Å². The normalized spacial score (nSPS) is 17.6. The van der Waals surface area contributed by atoms with Crippen LogP contribution in [0, 0.1) is 0 Å². The predicted octanol–water partition coefficient (Wildman–Crippen LogP) is 2.40. The Hall–Kier alpha value is -2.54. The summed E-state index contributed by atoms with van der Waals surface area (Å²) < 4.78 is 12.9. The molecule has 0 saturated carbocycles. The Morgan fingerprint density at radius 3 is 2.82 bits per heavy atom. The van der Waals surface area contributed by atoms with Crippen molar-refractivity contribution in [3.8, 4) is 5.75 Å². The lowest BCUT2D eigenvalue weighted by atomic mass is 10.1. The van der Waals surface area contributed by atoms with Crippen molar-refractivity contribution >= 4 is 5.96 Å². The third-order valence-corrected chi connectivity index (χ3v) is 5.01. The van der Waals surface area contributed by atoms with Crippen LogP contribution in [0.4, 0.5) is 0 Å². The lowest BCUT2D eigenvalue weighted by Crippen LogP contribution is -2.48. The minimum absolute atomic E-state index is 0.0380. The molecule has 7 heteroatoms. The molecule has 3 rings (SSSR count). The summed E-state index contributed by atoms with van der Waals surface area (Å²) in [6.45, 7) is 3.25. The van der Waals surface area contributed by atoms with E-state index in [1.807, 2.05) is 43.3 Å². The molecule has 0 radical (unpaired) electrons. The fourth-order valence-corrected chi connectivity index (χ4v) is 3.43. The van der Waals surface area contributed by atoms with Crippen molar-refractivity contribution in [3.05, 3.63) is 47.8 Å². The highest BCUT2D eigenvalue weighted by Gasteiger charge is 2.24. The molecular formula is C21H31N5O2. The average molecular weight is 386 g/mol. The second-order valence-electron chi connectivity index (χ2n) is 7.03. The summed E-state index contributed by atoms with van der Waals surface area (Å²) in [5.74, 6) is 1.85. The molecule has 0 aliphatic carbocycles. The van der Waals surface area contributed by atoms with E-state index in [9.17, 15) is 0 Å². The van der Waals surface area contributed by atoms with Gasteiger partial charge >= 0.3 is 0 Å². The van der Waals surface area contributed by atoms with E-state index in [2.05, 4.69) is 32.4 Å². The smallest absolute Gasteiger partial charge is 0.193 e. The molecule has 0 spiro atoms. The summed E-state index contributed by atoms with van der Waals surface area (Å²) in [7, 11) is 5.46. The van der Waals surface area contributed by atoms with Crippen molar-refractivity contribution in [2.24, 2.45) is 12.0 Å². The Kier molecular flexibility index (Phi) is 7.31. The lowest BCUT2D eigenvalue weighted by molar-refractivity contribution is -0.00802. The van der Waals surface area contributed by atoms with Gasteiger partial charge in [-0.1, -0.05) is 12.1 Å². The molecule has 1 fully saturated rings. The molecule has 1 unspecified atom stereocenters. The molecule has 1 atom stereocenters. The number of rotatable bonds is 7. The number of morpholine rings is 1. The quantitative estimate of drug-likeness (QED) is 0.450. The number of aryl methyl sites for hydroxylation is 2. The molecule has 28 heavy (non-hydrogen) atoms. The molecule has 1 aliphatic rings. The van der Waals surface area contributed by atoms with Crippen LogP contribution >= 0.6 is 0 Å². The molecule has 2 aromatic rings. The maximum atomic E-state index is 5.92. The van der Waals surface area contributed by atoms with Gasteiger partial charge in [-0.15, -0.1) is 0 Å². The first-order chi connectivity index (χ1) is 13.7. The number of hydrogen-bond acceptors (Lipinski definition) is 4. The summed E-state index contributed by atoms with van der Waals surface area (Å²) >= 11 is 0. The van der Waals surface area contributed by atoms with E-state index in [0.717, 1.165) is 56.2 Å². The van der Waals surface area contributed by atoms with Crippen LogP contribution < -0.4 is 10.1 Å². The van der Waals surface area contributed by atoms with E-state index < -0.39 is 0 Å². The first kappa shape index (κ1) is 20.2. The molecule has 1 aromatic carbocycles. The SMILES string of the molecule is CN=C(NCCCCc1ccc(OC)cc1)N1CCOC(c2cnn(C)c2)C1. The number of aromatic nitrogens is 2. The Morgan fingerprint density at radius 2 is 2.14 bits per heavy atom. The van der Waals surface area contributed by atoms with Crippen molar-refractivity contribution in [3.63, 3.8) is 0 Å². The van der Waals surface area contributed by atoms with E-state index in [4.69, 9.17) is 9.47 Å². The summed E-state index contributed by atoms with van der Waals surface area (Å²) in [6.07, 6.45) is 7.24. The first-order valence-electron chi connectivity index (χ1n) is 9.88. The highest BCUT2D eigenvalue weighted by atomic mass is 16.5. The van der Waals surface area contributed by atoms with Crippen LogP contribution in [0.15, 0.2) is 41.7 Å². The number of aliphatic imine (C=N–C) groups is 1. The molecule has 7 nitrogen and oxygen atoms in total. The number of unbranched alkanes of at least 4 members (excludes halogenated alkanes) is 1. The van der Waals surface area contributed by atoms with Gasteiger partial charge < -0.3 is 19.7 Å². The summed E-state index contributed by atoms with van der Waals surface area (Å²) in [5.41, 5.74) is 2.46. The number of methoxy groups -OCH3 is 1.